The van der Waals surface area contributed by atoms with Crippen LogP contribution in [0.15, 0.2) is 47.6 Å². The first-order valence-corrected chi connectivity index (χ1v) is 6.69. The Labute approximate surface area is 139 Å². The number of non-ortho nitro benzene ring substituents is 2. The number of nitro benzene ring substituents is 2. The molecule has 0 unspecified atom stereocenters. The molecule has 0 saturated heterocycles. The monoisotopic (exact) mass is 349 g/mol. The van der Waals surface area contributed by atoms with Crippen molar-refractivity contribution in [3.8, 4) is 0 Å². The zero-order valence-corrected chi connectivity index (χ0v) is 12.5. The van der Waals surface area contributed by atoms with Gasteiger partial charge in [-0.1, -0.05) is 28.9 Å². The van der Waals surface area contributed by atoms with Crippen LogP contribution in [0.25, 0.3) is 0 Å². The van der Waals surface area contributed by atoms with Crippen LogP contribution < -0.4 is 0 Å². The first-order chi connectivity index (χ1) is 11.4. The first-order valence-electron chi connectivity index (χ1n) is 6.31. The van der Waals surface area contributed by atoms with Gasteiger partial charge in [0.2, 0.25) is 0 Å². The van der Waals surface area contributed by atoms with E-state index in [0.717, 1.165) is 24.4 Å². The van der Waals surface area contributed by atoms with E-state index in [4.69, 9.17) is 11.6 Å². The highest BCUT2D eigenvalue weighted by Crippen LogP contribution is 2.23. The average Bonchev–Trinajstić information content (AvgIpc) is 2.54. The topological polar surface area (TPSA) is 125 Å². The lowest BCUT2D eigenvalue weighted by molar-refractivity contribution is -0.385. The van der Waals surface area contributed by atoms with Crippen LogP contribution in [0.1, 0.15) is 15.9 Å². The summed E-state index contributed by atoms with van der Waals surface area (Å²) < 4.78 is 0. The number of oxime groups is 1. The molecule has 0 saturated carbocycles. The van der Waals surface area contributed by atoms with Crippen molar-refractivity contribution < 1.29 is 19.5 Å². The van der Waals surface area contributed by atoms with Gasteiger partial charge in [-0.25, -0.2) is 4.79 Å². The lowest BCUT2D eigenvalue weighted by atomic mass is 10.2. The van der Waals surface area contributed by atoms with Crippen LogP contribution >= 0.6 is 11.6 Å². The number of carbonyl (C=O) groups is 1. The molecule has 2 aromatic rings. The van der Waals surface area contributed by atoms with Crippen LogP contribution in [-0.4, -0.2) is 22.0 Å². The molecule has 0 amide bonds. The van der Waals surface area contributed by atoms with Crippen molar-refractivity contribution in [3.63, 3.8) is 0 Å². The van der Waals surface area contributed by atoms with E-state index in [1.807, 2.05) is 0 Å². The maximum absolute atomic E-state index is 11.8. The standard InChI is InChI=1S/C14H8ClN3O6/c15-13-7-11(18(22)23)4-5-12(13)14(19)24-16-8-9-2-1-3-10(6-9)17(20)21/h1-8H/b16-8+. The molecule has 0 fully saturated rings. The predicted molar refractivity (Wildman–Crippen MR) is 84.2 cm³/mol. The van der Waals surface area contributed by atoms with Gasteiger partial charge in [0.15, 0.2) is 0 Å². The Morgan fingerprint density at radius 2 is 1.75 bits per heavy atom. The second-order valence-electron chi connectivity index (χ2n) is 4.39. The highest BCUT2D eigenvalue weighted by molar-refractivity contribution is 6.33. The molecule has 10 heteroatoms. The van der Waals surface area contributed by atoms with Gasteiger partial charge in [-0.3, -0.25) is 20.2 Å². The Bertz CT molecular complexity index is 852. The summed E-state index contributed by atoms with van der Waals surface area (Å²) in [6.45, 7) is 0. The molecule has 0 aliphatic rings. The minimum atomic E-state index is -0.920. The van der Waals surface area contributed by atoms with E-state index >= 15 is 0 Å². The Hall–Kier alpha value is -3.33. The predicted octanol–water partition coefficient (Wildman–Crippen LogP) is 3.35. The van der Waals surface area contributed by atoms with Gasteiger partial charge in [-0.2, -0.15) is 0 Å². The number of rotatable bonds is 5. The van der Waals surface area contributed by atoms with Gasteiger partial charge in [0, 0.05) is 29.8 Å². The maximum Gasteiger partial charge on any atom is 0.367 e. The van der Waals surface area contributed by atoms with E-state index in [-0.39, 0.29) is 22.0 Å². The van der Waals surface area contributed by atoms with Crippen molar-refractivity contribution in [3.05, 3.63) is 78.8 Å². The van der Waals surface area contributed by atoms with Gasteiger partial charge in [0.05, 0.1) is 26.6 Å². The summed E-state index contributed by atoms with van der Waals surface area (Å²) in [5, 5.41) is 24.5. The molecular weight excluding hydrogens is 342 g/mol. The van der Waals surface area contributed by atoms with Crippen molar-refractivity contribution in [2.45, 2.75) is 0 Å². The quantitative estimate of drug-likeness (QED) is 0.352. The third kappa shape index (κ3) is 4.11. The minimum absolute atomic E-state index is 0.0986. The van der Waals surface area contributed by atoms with E-state index in [1.165, 1.54) is 24.3 Å². The Kier molecular flexibility index (Phi) is 5.17. The van der Waals surface area contributed by atoms with E-state index in [1.54, 1.807) is 0 Å². The van der Waals surface area contributed by atoms with Gasteiger partial charge in [-0.15, -0.1) is 0 Å². The normalized spacial score (nSPS) is 10.5. The smallest absolute Gasteiger partial charge is 0.313 e. The van der Waals surface area contributed by atoms with Gasteiger partial charge >= 0.3 is 5.97 Å². The minimum Gasteiger partial charge on any atom is -0.313 e. The van der Waals surface area contributed by atoms with Crippen LogP contribution in [0, 0.1) is 20.2 Å². The molecule has 0 N–H and O–H groups in total. The molecule has 0 aliphatic heterocycles. The number of carbonyl (C=O) groups excluding carboxylic acids is 1. The number of hydrogen-bond acceptors (Lipinski definition) is 7. The molecule has 0 spiro atoms. The van der Waals surface area contributed by atoms with Crippen molar-refractivity contribution in [1.82, 2.24) is 0 Å². The molecule has 0 aromatic heterocycles. The summed E-state index contributed by atoms with van der Waals surface area (Å²) >= 11 is 5.79. The molecule has 0 bridgehead atoms. The average molecular weight is 350 g/mol. The second-order valence-corrected chi connectivity index (χ2v) is 4.79. The van der Waals surface area contributed by atoms with Crippen molar-refractivity contribution in [2.75, 3.05) is 0 Å². The van der Waals surface area contributed by atoms with Crippen molar-refractivity contribution in [2.24, 2.45) is 5.16 Å². The fraction of sp³-hybridized carbons (Fsp3) is 0. The van der Waals surface area contributed by atoms with Crippen molar-refractivity contribution in [1.29, 1.82) is 0 Å². The molecular formula is C14H8ClN3O6. The van der Waals surface area contributed by atoms with Crippen LogP contribution in [0.2, 0.25) is 5.02 Å². The van der Waals surface area contributed by atoms with Crippen molar-refractivity contribution >= 4 is 35.2 Å². The van der Waals surface area contributed by atoms with Crippen LogP contribution in [-0.2, 0) is 4.84 Å². The third-order valence-electron chi connectivity index (χ3n) is 2.80. The molecule has 0 aliphatic carbocycles. The summed E-state index contributed by atoms with van der Waals surface area (Å²) in [7, 11) is 0. The Morgan fingerprint density at radius 3 is 2.38 bits per heavy atom. The molecule has 2 rings (SSSR count). The number of hydrogen-bond donors (Lipinski definition) is 0. The number of nitro groups is 2. The van der Waals surface area contributed by atoms with E-state index in [0.29, 0.717) is 5.56 Å². The second kappa shape index (κ2) is 7.29. The fourth-order valence-electron chi connectivity index (χ4n) is 1.69. The summed E-state index contributed by atoms with van der Waals surface area (Å²) in [4.78, 5) is 36.5. The van der Waals surface area contributed by atoms with Crippen LogP contribution in [0.4, 0.5) is 11.4 Å². The molecule has 0 heterocycles. The molecule has 0 atom stereocenters. The molecule has 2 aromatic carbocycles. The summed E-state index contributed by atoms with van der Waals surface area (Å²) in [5.41, 5.74) is -0.148. The summed E-state index contributed by atoms with van der Waals surface area (Å²) in [5.74, 6) is -0.920. The number of benzene rings is 2. The summed E-state index contributed by atoms with van der Waals surface area (Å²) in [6.07, 6.45) is 1.12. The largest absolute Gasteiger partial charge is 0.367 e. The molecule has 9 nitrogen and oxygen atoms in total. The van der Waals surface area contributed by atoms with Gasteiger partial charge in [0.1, 0.15) is 0 Å². The maximum atomic E-state index is 11.8. The van der Waals surface area contributed by atoms with Crippen LogP contribution in [0.3, 0.4) is 0 Å². The Morgan fingerprint density at radius 1 is 1.08 bits per heavy atom. The zero-order chi connectivity index (χ0) is 17.7. The summed E-state index contributed by atoms with van der Waals surface area (Å²) in [6, 6.07) is 8.80. The molecule has 24 heavy (non-hydrogen) atoms. The lowest BCUT2D eigenvalue weighted by Gasteiger charge is -2.01. The highest BCUT2D eigenvalue weighted by atomic mass is 35.5. The SMILES string of the molecule is O=C(O/N=C/c1cccc([N+](=O)[O-])c1)c1ccc([N+](=O)[O-])cc1Cl. The third-order valence-corrected chi connectivity index (χ3v) is 3.11. The number of halogens is 1. The van der Waals surface area contributed by atoms with Crippen LogP contribution in [0.5, 0.6) is 0 Å². The van der Waals surface area contributed by atoms with Gasteiger partial charge in [-0.05, 0) is 6.07 Å². The van der Waals surface area contributed by atoms with E-state index < -0.39 is 15.8 Å². The molecule has 122 valence electrons. The lowest BCUT2D eigenvalue weighted by Crippen LogP contribution is -2.02. The van der Waals surface area contributed by atoms with Gasteiger partial charge in [0.25, 0.3) is 11.4 Å². The number of nitrogens with zero attached hydrogens (tertiary/aromatic N) is 3. The van der Waals surface area contributed by atoms with Gasteiger partial charge < -0.3 is 4.84 Å². The molecule has 0 radical (unpaired) electrons. The highest BCUT2D eigenvalue weighted by Gasteiger charge is 2.16. The zero-order valence-electron chi connectivity index (χ0n) is 11.8. The van der Waals surface area contributed by atoms with E-state index in [2.05, 4.69) is 9.99 Å². The first kappa shape index (κ1) is 17.0. The van der Waals surface area contributed by atoms with E-state index in [9.17, 15) is 25.0 Å². The Balaban J connectivity index is 2.09. The fourth-order valence-corrected chi connectivity index (χ4v) is 1.94.